The summed E-state index contributed by atoms with van der Waals surface area (Å²) < 4.78 is 1.89. The summed E-state index contributed by atoms with van der Waals surface area (Å²) in [5.74, 6) is 1.12. The monoisotopic (exact) mass is 356 g/mol. The number of nitrogens with zero attached hydrogens (tertiary/aromatic N) is 2. The molecule has 1 atom stereocenters. The smallest absolute Gasteiger partial charge is 0.261 e. The Morgan fingerprint density at radius 1 is 1.57 bits per heavy atom. The summed E-state index contributed by atoms with van der Waals surface area (Å²) in [6.07, 6.45) is 2.28. The van der Waals surface area contributed by atoms with Crippen LogP contribution in [0.3, 0.4) is 0 Å². The van der Waals surface area contributed by atoms with Gasteiger partial charge in [-0.1, -0.05) is 13.8 Å². The molecule has 1 aliphatic rings. The van der Waals surface area contributed by atoms with Crippen LogP contribution in [0.15, 0.2) is 6.07 Å². The van der Waals surface area contributed by atoms with Crippen LogP contribution in [0, 0.1) is 5.92 Å². The van der Waals surface area contributed by atoms with E-state index in [2.05, 4.69) is 29.6 Å². The van der Waals surface area contributed by atoms with Gasteiger partial charge in [0, 0.05) is 19.0 Å². The average molecular weight is 357 g/mol. The van der Waals surface area contributed by atoms with Crippen molar-refractivity contribution in [3.05, 3.63) is 16.6 Å². The number of hydrogen-bond acceptors (Lipinski definition) is 4. The van der Waals surface area contributed by atoms with Crippen LogP contribution in [0.1, 0.15) is 48.0 Å². The zero-order valence-corrected chi connectivity index (χ0v) is 15.5. The Bertz CT molecular complexity index is 673. The summed E-state index contributed by atoms with van der Waals surface area (Å²) in [5, 5.41) is 12.1. The van der Waals surface area contributed by atoms with Crippen molar-refractivity contribution >= 4 is 39.9 Å². The Labute approximate surface area is 147 Å². The third-order valence-electron chi connectivity index (χ3n) is 4.31. The van der Waals surface area contributed by atoms with Crippen LogP contribution in [-0.4, -0.2) is 35.3 Å². The van der Waals surface area contributed by atoms with Gasteiger partial charge in [-0.15, -0.1) is 23.7 Å². The second-order valence-corrected chi connectivity index (χ2v) is 7.43. The molecular weight excluding hydrogens is 332 g/mol. The summed E-state index contributed by atoms with van der Waals surface area (Å²) in [6.45, 7) is 7.22. The summed E-state index contributed by atoms with van der Waals surface area (Å²) in [6, 6.07) is 1.99. The van der Waals surface area contributed by atoms with Crippen molar-refractivity contribution in [3.63, 3.8) is 0 Å². The van der Waals surface area contributed by atoms with Gasteiger partial charge in [-0.3, -0.25) is 9.48 Å². The maximum absolute atomic E-state index is 12.3. The van der Waals surface area contributed by atoms with Crippen molar-refractivity contribution < 1.29 is 4.79 Å². The second-order valence-electron chi connectivity index (χ2n) is 6.40. The fraction of sp³-hybridized carbons (Fsp3) is 0.625. The number of aryl methyl sites for hydroxylation is 1. The topological polar surface area (TPSA) is 59.0 Å². The largest absolute Gasteiger partial charge is 0.351 e. The van der Waals surface area contributed by atoms with Crippen LogP contribution in [0.2, 0.25) is 0 Å². The Morgan fingerprint density at radius 2 is 2.35 bits per heavy atom. The van der Waals surface area contributed by atoms with Crippen molar-refractivity contribution in [1.29, 1.82) is 0 Å². The van der Waals surface area contributed by atoms with Gasteiger partial charge in [0.1, 0.15) is 4.83 Å². The van der Waals surface area contributed by atoms with Gasteiger partial charge in [-0.25, -0.2) is 0 Å². The lowest BCUT2D eigenvalue weighted by Gasteiger charge is -2.08. The standard InChI is InChI=1S/C16H24N4OS.ClH/c1-10(2)14-12-8-13(22-16(12)20(3)19-14)15(21)18-7-5-11-4-6-17-9-11;/h8,10-11,17H,4-7,9H2,1-3H3,(H,18,21);1H. The molecule has 0 radical (unpaired) electrons. The maximum atomic E-state index is 12.3. The first-order chi connectivity index (χ1) is 10.6. The van der Waals surface area contributed by atoms with Gasteiger partial charge < -0.3 is 10.6 Å². The summed E-state index contributed by atoms with van der Waals surface area (Å²) in [5.41, 5.74) is 1.07. The first-order valence-electron chi connectivity index (χ1n) is 8.01. The third-order valence-corrected chi connectivity index (χ3v) is 5.51. The molecule has 1 aliphatic heterocycles. The van der Waals surface area contributed by atoms with Gasteiger partial charge in [0.2, 0.25) is 0 Å². The highest BCUT2D eigenvalue weighted by atomic mass is 35.5. The molecular formula is C16H25ClN4OS. The van der Waals surface area contributed by atoms with Crippen LogP contribution >= 0.6 is 23.7 Å². The lowest BCUT2D eigenvalue weighted by atomic mass is 10.1. The summed E-state index contributed by atoms with van der Waals surface area (Å²) in [4.78, 5) is 14.2. The van der Waals surface area contributed by atoms with Crippen molar-refractivity contribution in [2.24, 2.45) is 13.0 Å². The number of rotatable bonds is 5. The molecule has 2 N–H and O–H groups in total. The fourth-order valence-corrected chi connectivity index (χ4v) is 4.04. The average Bonchev–Trinajstić information content (AvgIpc) is 3.17. The first kappa shape index (κ1) is 18.2. The quantitative estimate of drug-likeness (QED) is 0.866. The molecule has 3 heterocycles. The highest BCUT2D eigenvalue weighted by molar-refractivity contribution is 7.20. The fourth-order valence-electron chi connectivity index (χ4n) is 3.04. The normalized spacial score (nSPS) is 17.7. The Balaban J connectivity index is 0.00000192. The SMILES string of the molecule is CC(C)c1nn(C)c2sc(C(=O)NCCC3CCNC3)cc12.Cl. The van der Waals surface area contributed by atoms with E-state index in [1.54, 1.807) is 0 Å². The Morgan fingerprint density at radius 3 is 3.00 bits per heavy atom. The Hall–Kier alpha value is -1.11. The van der Waals surface area contributed by atoms with Crippen molar-refractivity contribution in [3.8, 4) is 0 Å². The molecule has 7 heteroatoms. The van der Waals surface area contributed by atoms with E-state index in [1.807, 2.05) is 17.8 Å². The van der Waals surface area contributed by atoms with E-state index in [-0.39, 0.29) is 18.3 Å². The van der Waals surface area contributed by atoms with Crippen molar-refractivity contribution in [2.45, 2.75) is 32.6 Å². The van der Waals surface area contributed by atoms with Gasteiger partial charge in [0.25, 0.3) is 5.91 Å². The van der Waals surface area contributed by atoms with E-state index in [0.29, 0.717) is 11.8 Å². The van der Waals surface area contributed by atoms with E-state index in [4.69, 9.17) is 0 Å². The van der Waals surface area contributed by atoms with Crippen LogP contribution in [0.25, 0.3) is 10.2 Å². The second kappa shape index (κ2) is 7.64. The number of amides is 1. The lowest BCUT2D eigenvalue weighted by Crippen LogP contribution is -2.25. The van der Waals surface area contributed by atoms with E-state index in [0.717, 1.165) is 46.8 Å². The highest BCUT2D eigenvalue weighted by Crippen LogP contribution is 2.31. The minimum absolute atomic E-state index is 0. The molecule has 0 aromatic carbocycles. The molecule has 0 aliphatic carbocycles. The number of thiophene rings is 1. The number of hydrogen-bond donors (Lipinski definition) is 2. The van der Waals surface area contributed by atoms with Crippen LogP contribution in [0.5, 0.6) is 0 Å². The zero-order valence-electron chi connectivity index (χ0n) is 13.9. The van der Waals surface area contributed by atoms with Gasteiger partial charge in [-0.2, -0.15) is 5.10 Å². The van der Waals surface area contributed by atoms with E-state index >= 15 is 0 Å². The summed E-state index contributed by atoms with van der Waals surface area (Å²) in [7, 11) is 1.94. The molecule has 128 valence electrons. The van der Waals surface area contributed by atoms with Gasteiger partial charge in [0.15, 0.2) is 0 Å². The molecule has 5 nitrogen and oxygen atoms in total. The molecule has 0 spiro atoms. The number of carbonyl (C=O) groups is 1. The van der Waals surface area contributed by atoms with Gasteiger partial charge in [0.05, 0.1) is 10.6 Å². The number of halogens is 1. The lowest BCUT2D eigenvalue weighted by molar-refractivity contribution is 0.0956. The molecule has 23 heavy (non-hydrogen) atoms. The van der Waals surface area contributed by atoms with Crippen LogP contribution in [-0.2, 0) is 7.05 Å². The zero-order chi connectivity index (χ0) is 15.7. The molecule has 1 saturated heterocycles. The van der Waals surface area contributed by atoms with Gasteiger partial charge in [-0.05, 0) is 43.8 Å². The van der Waals surface area contributed by atoms with Crippen molar-refractivity contribution in [1.82, 2.24) is 20.4 Å². The predicted molar refractivity (Wildman–Crippen MR) is 97.9 cm³/mol. The molecule has 1 amide bonds. The molecule has 0 saturated carbocycles. The Kier molecular flexibility index (Phi) is 6.06. The summed E-state index contributed by atoms with van der Waals surface area (Å²) >= 11 is 1.53. The van der Waals surface area contributed by atoms with Gasteiger partial charge >= 0.3 is 0 Å². The molecule has 3 rings (SSSR count). The highest BCUT2D eigenvalue weighted by Gasteiger charge is 2.19. The number of fused-ring (bicyclic) bond motifs is 1. The maximum Gasteiger partial charge on any atom is 0.261 e. The molecule has 2 aromatic heterocycles. The molecule has 2 aromatic rings. The van der Waals surface area contributed by atoms with E-state index in [1.165, 1.54) is 17.8 Å². The predicted octanol–water partition coefficient (Wildman–Crippen LogP) is 2.91. The number of carbonyl (C=O) groups excluding carboxylic acids is 1. The van der Waals surface area contributed by atoms with E-state index in [9.17, 15) is 4.79 Å². The van der Waals surface area contributed by atoms with Crippen LogP contribution in [0.4, 0.5) is 0 Å². The van der Waals surface area contributed by atoms with Crippen LogP contribution < -0.4 is 10.6 Å². The molecule has 1 unspecified atom stereocenters. The third kappa shape index (κ3) is 3.87. The molecule has 0 bridgehead atoms. The minimum atomic E-state index is 0. The van der Waals surface area contributed by atoms with Crippen molar-refractivity contribution in [2.75, 3.05) is 19.6 Å². The van der Waals surface area contributed by atoms with E-state index < -0.39 is 0 Å². The number of aromatic nitrogens is 2. The first-order valence-corrected chi connectivity index (χ1v) is 8.83. The molecule has 1 fully saturated rings. The number of nitrogens with one attached hydrogen (secondary N) is 2. The minimum Gasteiger partial charge on any atom is -0.351 e.